The van der Waals surface area contributed by atoms with Crippen LogP contribution in [0.5, 0.6) is 0 Å². The normalized spacial score (nSPS) is 12.5. The fourth-order valence-electron chi connectivity index (χ4n) is 1.58. The standard InChI is InChI=1S/C12H16O/c1-3-11(7-8-13)12-6-4-5-10(2)9-12/h4-6,8-9,11H,3,7H2,1-2H3/t11-/m1/s1. The molecular weight excluding hydrogens is 160 g/mol. The van der Waals surface area contributed by atoms with Crippen LogP contribution in [0.4, 0.5) is 0 Å². The Morgan fingerprint density at radius 2 is 2.23 bits per heavy atom. The summed E-state index contributed by atoms with van der Waals surface area (Å²) in [6.07, 6.45) is 2.68. The van der Waals surface area contributed by atoms with E-state index >= 15 is 0 Å². The van der Waals surface area contributed by atoms with Crippen molar-refractivity contribution in [3.8, 4) is 0 Å². The van der Waals surface area contributed by atoms with Crippen LogP contribution in [0, 0.1) is 6.92 Å². The van der Waals surface area contributed by atoms with Crippen molar-refractivity contribution < 1.29 is 4.79 Å². The number of carbonyl (C=O) groups excluding carboxylic acids is 1. The zero-order valence-electron chi connectivity index (χ0n) is 8.29. The Hall–Kier alpha value is -1.11. The summed E-state index contributed by atoms with van der Waals surface area (Å²) in [6.45, 7) is 4.20. The molecule has 1 nitrogen and oxygen atoms in total. The minimum atomic E-state index is 0.400. The Bertz CT molecular complexity index is 278. The third-order valence-electron chi connectivity index (χ3n) is 2.39. The molecule has 0 aliphatic rings. The number of carbonyl (C=O) groups is 1. The van der Waals surface area contributed by atoms with Crippen molar-refractivity contribution in [2.75, 3.05) is 0 Å². The van der Waals surface area contributed by atoms with E-state index in [1.54, 1.807) is 0 Å². The van der Waals surface area contributed by atoms with E-state index in [9.17, 15) is 4.79 Å². The van der Waals surface area contributed by atoms with Gasteiger partial charge in [-0.3, -0.25) is 0 Å². The quantitative estimate of drug-likeness (QED) is 0.644. The number of aryl methyl sites for hydroxylation is 1. The largest absolute Gasteiger partial charge is 0.303 e. The lowest BCUT2D eigenvalue weighted by atomic mass is 9.93. The van der Waals surface area contributed by atoms with Crippen LogP contribution in [0.1, 0.15) is 36.8 Å². The molecule has 0 fully saturated rings. The topological polar surface area (TPSA) is 17.1 Å². The molecule has 0 bridgehead atoms. The summed E-state index contributed by atoms with van der Waals surface area (Å²) in [5.41, 5.74) is 2.55. The van der Waals surface area contributed by atoms with Crippen LogP contribution < -0.4 is 0 Å². The second kappa shape index (κ2) is 4.80. The summed E-state index contributed by atoms with van der Waals surface area (Å²) in [6, 6.07) is 8.40. The number of hydrogen-bond donors (Lipinski definition) is 0. The predicted octanol–water partition coefficient (Wildman–Crippen LogP) is 3.08. The summed E-state index contributed by atoms with van der Waals surface area (Å²) in [5.74, 6) is 0.400. The summed E-state index contributed by atoms with van der Waals surface area (Å²) < 4.78 is 0. The molecule has 70 valence electrons. The molecule has 1 aromatic rings. The summed E-state index contributed by atoms with van der Waals surface area (Å²) in [7, 11) is 0. The Balaban J connectivity index is 2.84. The first kappa shape index (κ1) is 9.97. The average Bonchev–Trinajstić information content (AvgIpc) is 2.14. The third kappa shape index (κ3) is 2.69. The van der Waals surface area contributed by atoms with Gasteiger partial charge in [0.15, 0.2) is 0 Å². The van der Waals surface area contributed by atoms with E-state index in [-0.39, 0.29) is 0 Å². The molecule has 0 heterocycles. The van der Waals surface area contributed by atoms with Crippen LogP contribution >= 0.6 is 0 Å². The molecule has 1 aromatic carbocycles. The molecule has 0 saturated heterocycles. The van der Waals surface area contributed by atoms with Crippen molar-refractivity contribution in [3.63, 3.8) is 0 Å². The Labute approximate surface area is 79.8 Å². The maximum absolute atomic E-state index is 10.4. The highest BCUT2D eigenvalue weighted by molar-refractivity contribution is 5.51. The Kier molecular flexibility index (Phi) is 3.69. The Morgan fingerprint density at radius 3 is 2.77 bits per heavy atom. The van der Waals surface area contributed by atoms with Crippen molar-refractivity contribution in [1.82, 2.24) is 0 Å². The van der Waals surface area contributed by atoms with Crippen molar-refractivity contribution >= 4 is 6.29 Å². The number of hydrogen-bond acceptors (Lipinski definition) is 1. The van der Waals surface area contributed by atoms with Gasteiger partial charge >= 0.3 is 0 Å². The van der Waals surface area contributed by atoms with Crippen molar-refractivity contribution in [1.29, 1.82) is 0 Å². The molecule has 1 atom stereocenters. The first-order valence-electron chi connectivity index (χ1n) is 4.78. The van der Waals surface area contributed by atoms with E-state index in [0.717, 1.165) is 12.7 Å². The van der Waals surface area contributed by atoms with Crippen LogP contribution in [-0.4, -0.2) is 6.29 Å². The molecule has 0 radical (unpaired) electrons. The molecule has 0 spiro atoms. The van der Waals surface area contributed by atoms with Gasteiger partial charge in [0.2, 0.25) is 0 Å². The first-order valence-corrected chi connectivity index (χ1v) is 4.78. The van der Waals surface area contributed by atoms with Crippen molar-refractivity contribution in [2.45, 2.75) is 32.6 Å². The number of rotatable bonds is 4. The molecule has 0 aliphatic carbocycles. The van der Waals surface area contributed by atoms with Crippen molar-refractivity contribution in [2.24, 2.45) is 0 Å². The molecule has 1 heteroatoms. The molecule has 1 rings (SSSR count). The minimum Gasteiger partial charge on any atom is -0.303 e. The van der Waals surface area contributed by atoms with E-state index in [1.165, 1.54) is 11.1 Å². The van der Waals surface area contributed by atoms with Gasteiger partial charge in [0, 0.05) is 6.42 Å². The Morgan fingerprint density at radius 1 is 1.46 bits per heavy atom. The summed E-state index contributed by atoms with van der Waals surface area (Å²) >= 11 is 0. The summed E-state index contributed by atoms with van der Waals surface area (Å²) in [5, 5.41) is 0. The lowest BCUT2D eigenvalue weighted by Crippen LogP contribution is -1.98. The number of aldehydes is 1. The molecule has 0 saturated carbocycles. The fourth-order valence-corrected chi connectivity index (χ4v) is 1.58. The fraction of sp³-hybridized carbons (Fsp3) is 0.417. The van der Waals surface area contributed by atoms with Gasteiger partial charge in [0.25, 0.3) is 0 Å². The first-order chi connectivity index (χ1) is 6.27. The van der Waals surface area contributed by atoms with Gasteiger partial charge in [0.05, 0.1) is 0 Å². The molecular formula is C12H16O. The average molecular weight is 176 g/mol. The molecule has 0 unspecified atom stereocenters. The van der Waals surface area contributed by atoms with E-state index in [4.69, 9.17) is 0 Å². The zero-order valence-corrected chi connectivity index (χ0v) is 8.29. The second-order valence-electron chi connectivity index (χ2n) is 3.42. The van der Waals surface area contributed by atoms with Gasteiger partial charge in [0.1, 0.15) is 6.29 Å². The van der Waals surface area contributed by atoms with E-state index in [1.807, 2.05) is 0 Å². The second-order valence-corrected chi connectivity index (χ2v) is 3.42. The zero-order chi connectivity index (χ0) is 9.68. The smallest absolute Gasteiger partial charge is 0.120 e. The van der Waals surface area contributed by atoms with Crippen LogP contribution in [-0.2, 0) is 4.79 Å². The van der Waals surface area contributed by atoms with Gasteiger partial charge < -0.3 is 4.79 Å². The maximum atomic E-state index is 10.4. The highest BCUT2D eigenvalue weighted by Crippen LogP contribution is 2.22. The minimum absolute atomic E-state index is 0.400. The van der Waals surface area contributed by atoms with Crippen molar-refractivity contribution in [3.05, 3.63) is 35.4 Å². The van der Waals surface area contributed by atoms with Gasteiger partial charge in [-0.25, -0.2) is 0 Å². The van der Waals surface area contributed by atoms with Gasteiger partial charge in [-0.05, 0) is 24.8 Å². The summed E-state index contributed by atoms with van der Waals surface area (Å²) in [4.78, 5) is 10.4. The van der Waals surface area contributed by atoms with Gasteiger partial charge in [-0.2, -0.15) is 0 Å². The molecule has 0 N–H and O–H groups in total. The highest BCUT2D eigenvalue weighted by Gasteiger charge is 2.07. The highest BCUT2D eigenvalue weighted by atomic mass is 16.1. The molecule has 0 aliphatic heterocycles. The maximum Gasteiger partial charge on any atom is 0.120 e. The van der Waals surface area contributed by atoms with Gasteiger partial charge in [-0.1, -0.05) is 36.8 Å². The van der Waals surface area contributed by atoms with E-state index < -0.39 is 0 Å². The number of benzene rings is 1. The lowest BCUT2D eigenvalue weighted by molar-refractivity contribution is -0.108. The predicted molar refractivity (Wildman–Crippen MR) is 54.9 cm³/mol. The van der Waals surface area contributed by atoms with E-state index in [2.05, 4.69) is 38.1 Å². The van der Waals surface area contributed by atoms with Crippen LogP contribution in [0.2, 0.25) is 0 Å². The van der Waals surface area contributed by atoms with Crippen LogP contribution in [0.15, 0.2) is 24.3 Å². The molecule has 13 heavy (non-hydrogen) atoms. The lowest BCUT2D eigenvalue weighted by Gasteiger charge is -2.12. The molecule has 0 amide bonds. The van der Waals surface area contributed by atoms with E-state index in [0.29, 0.717) is 12.3 Å². The van der Waals surface area contributed by atoms with Gasteiger partial charge in [-0.15, -0.1) is 0 Å². The molecule has 0 aromatic heterocycles. The SMILES string of the molecule is CC[C@H](CC=O)c1cccc(C)c1. The third-order valence-corrected chi connectivity index (χ3v) is 2.39. The monoisotopic (exact) mass is 176 g/mol. The van der Waals surface area contributed by atoms with Crippen LogP contribution in [0.3, 0.4) is 0 Å². The van der Waals surface area contributed by atoms with Crippen LogP contribution in [0.25, 0.3) is 0 Å².